The number of methoxy groups -OCH3 is 1. The Morgan fingerprint density at radius 3 is 1.87 bits per heavy atom. The van der Waals surface area contributed by atoms with Crippen molar-refractivity contribution in [3.05, 3.63) is 0 Å². The van der Waals surface area contributed by atoms with Crippen LogP contribution in [0.25, 0.3) is 0 Å². The molecule has 0 aromatic carbocycles. The minimum absolute atomic E-state index is 0.224. The number of aliphatic hydroxyl groups excluding tert-OH is 10. The summed E-state index contributed by atoms with van der Waals surface area (Å²) < 4.78 is 25.1. The largest absolute Gasteiger partial charge is 0.467 e. The first-order valence-electron chi connectivity index (χ1n) is 11.3. The second kappa shape index (κ2) is 13.7. The van der Waals surface area contributed by atoms with Crippen LogP contribution in [-0.2, 0) is 33.3 Å². The van der Waals surface area contributed by atoms with Crippen molar-refractivity contribution in [3.8, 4) is 0 Å². The van der Waals surface area contributed by atoms with Crippen molar-refractivity contribution < 1.29 is 89.4 Å². The zero-order valence-corrected chi connectivity index (χ0v) is 20.0. The summed E-state index contributed by atoms with van der Waals surface area (Å²) in [5, 5.41) is 110. The summed E-state index contributed by atoms with van der Waals surface area (Å²) in [6, 6.07) is 0. The minimum atomic E-state index is -3.29. The van der Waals surface area contributed by atoms with Gasteiger partial charge in [-0.3, -0.25) is 0 Å². The average Bonchev–Trinajstić information content (AvgIpc) is 2.92. The van der Waals surface area contributed by atoms with E-state index in [1.807, 2.05) is 0 Å². The van der Waals surface area contributed by atoms with E-state index in [9.17, 15) is 65.8 Å². The molecule has 2 saturated heterocycles. The van der Waals surface area contributed by atoms with E-state index in [1.54, 1.807) is 0 Å². The van der Waals surface area contributed by atoms with Crippen LogP contribution in [0.15, 0.2) is 0 Å². The average molecular weight is 562 g/mol. The number of ether oxygens (including phenoxy) is 5. The minimum Gasteiger partial charge on any atom is -0.467 e. The van der Waals surface area contributed by atoms with E-state index in [-0.39, 0.29) is 6.29 Å². The predicted octanol–water partition coefficient (Wildman–Crippen LogP) is -8.19. The van der Waals surface area contributed by atoms with Gasteiger partial charge in [-0.05, 0) is 0 Å². The number of hydrogen-bond acceptors (Lipinski definition) is 18. The number of rotatable bonds is 12. The van der Waals surface area contributed by atoms with Crippen LogP contribution in [0, 0.1) is 0 Å². The molecule has 0 bridgehead atoms. The summed E-state index contributed by atoms with van der Waals surface area (Å²) in [7, 11) is 0.771. The van der Waals surface area contributed by atoms with Gasteiger partial charge in [0.1, 0.15) is 67.1 Å². The molecule has 14 atom stereocenters. The molecule has 2 heterocycles. The molecule has 0 amide bonds. The van der Waals surface area contributed by atoms with E-state index in [0.717, 1.165) is 7.11 Å². The van der Waals surface area contributed by atoms with Gasteiger partial charge in [-0.25, -0.2) is 4.79 Å². The first-order chi connectivity index (χ1) is 17.8. The standard InChI is InChI=1S/C20H34O18/c1-34-19(32)20(33,16(31)6(23)2-21)9(24)5-36-18-15(30)13(28)11(26)8(38-18)4-35-17-14(29)12(27)10(25)7(3-22)37-17/h2,6-18,22-31,33H,3-5H2,1H3/t6-,7+,8+,9+,10+,11+,12-,13-,14+,15+,16-,17-,18-,20+/m0/s1. The number of hydrogen-bond donors (Lipinski definition) is 11. The highest BCUT2D eigenvalue weighted by molar-refractivity contribution is 5.82. The van der Waals surface area contributed by atoms with Gasteiger partial charge in [-0.1, -0.05) is 0 Å². The van der Waals surface area contributed by atoms with E-state index < -0.39 is 111 Å². The van der Waals surface area contributed by atoms with Crippen LogP contribution in [0.2, 0.25) is 0 Å². The molecule has 0 aliphatic carbocycles. The van der Waals surface area contributed by atoms with Crippen molar-refractivity contribution in [1.82, 2.24) is 0 Å². The van der Waals surface area contributed by atoms with Crippen LogP contribution in [0.4, 0.5) is 0 Å². The van der Waals surface area contributed by atoms with E-state index in [4.69, 9.17) is 18.9 Å². The van der Waals surface area contributed by atoms with Gasteiger partial charge >= 0.3 is 5.97 Å². The third-order valence-corrected chi connectivity index (χ3v) is 6.29. The summed E-state index contributed by atoms with van der Waals surface area (Å²) >= 11 is 0. The SMILES string of the molecule is COC(=O)[C@@](O)([C@H](O)CO[C@H]1O[C@H](CO[C@H]2O[C@H](CO)[C@@H](O)[C@H](O)[C@H]2O)[C@@H](O)[C@H](O)[C@H]1O)[C@@H](O)[C@@H](O)C=O. The maximum absolute atomic E-state index is 12.0. The molecule has 2 fully saturated rings. The molecule has 2 rings (SSSR count). The highest BCUT2D eigenvalue weighted by atomic mass is 16.7. The van der Waals surface area contributed by atoms with Crippen LogP contribution >= 0.6 is 0 Å². The van der Waals surface area contributed by atoms with E-state index in [0.29, 0.717) is 0 Å². The van der Waals surface area contributed by atoms with E-state index in [1.165, 1.54) is 0 Å². The normalized spacial score (nSPS) is 40.0. The Labute approximate surface area is 214 Å². The van der Waals surface area contributed by atoms with Gasteiger partial charge in [-0.2, -0.15) is 0 Å². The second-order valence-corrected chi connectivity index (χ2v) is 8.78. The monoisotopic (exact) mass is 562 g/mol. The maximum atomic E-state index is 12.0. The molecule has 0 spiro atoms. The van der Waals surface area contributed by atoms with E-state index in [2.05, 4.69) is 4.74 Å². The van der Waals surface area contributed by atoms with Gasteiger partial charge in [0, 0.05) is 0 Å². The van der Waals surface area contributed by atoms with Gasteiger partial charge in [0.25, 0.3) is 0 Å². The van der Waals surface area contributed by atoms with Crippen LogP contribution in [0.3, 0.4) is 0 Å². The number of esters is 1. The fourth-order valence-corrected chi connectivity index (χ4v) is 3.85. The molecule has 0 saturated carbocycles. The fourth-order valence-electron chi connectivity index (χ4n) is 3.85. The maximum Gasteiger partial charge on any atom is 0.343 e. The molecule has 0 aromatic heterocycles. The Morgan fingerprint density at radius 1 is 0.868 bits per heavy atom. The van der Waals surface area contributed by atoms with E-state index >= 15 is 0 Å². The van der Waals surface area contributed by atoms with Gasteiger partial charge < -0.3 is 84.7 Å². The number of aldehydes is 1. The number of aliphatic hydroxyl groups is 11. The zero-order valence-electron chi connectivity index (χ0n) is 20.0. The molecule has 2 aliphatic heterocycles. The van der Waals surface area contributed by atoms with Crippen LogP contribution in [0.1, 0.15) is 0 Å². The number of carbonyl (C=O) groups excluding carboxylic acids is 2. The molecule has 18 heteroatoms. The molecular formula is C20H34O18. The zero-order chi connectivity index (χ0) is 28.9. The Morgan fingerprint density at radius 2 is 1.37 bits per heavy atom. The molecule has 0 aromatic rings. The summed E-state index contributed by atoms with van der Waals surface area (Å²) in [4.78, 5) is 22.8. The van der Waals surface area contributed by atoms with Gasteiger partial charge in [-0.15, -0.1) is 0 Å². The lowest BCUT2D eigenvalue weighted by Crippen LogP contribution is -2.65. The molecule has 11 N–H and O–H groups in total. The lowest BCUT2D eigenvalue weighted by Gasteiger charge is -2.43. The van der Waals surface area contributed by atoms with Crippen molar-refractivity contribution >= 4 is 12.3 Å². The summed E-state index contributed by atoms with van der Waals surface area (Å²) in [6.45, 7) is -2.56. The van der Waals surface area contributed by atoms with Crippen molar-refractivity contribution in [3.63, 3.8) is 0 Å². The predicted molar refractivity (Wildman–Crippen MR) is 113 cm³/mol. The first kappa shape index (κ1) is 32.8. The lowest BCUT2D eigenvalue weighted by molar-refractivity contribution is -0.334. The molecule has 38 heavy (non-hydrogen) atoms. The van der Waals surface area contributed by atoms with Crippen molar-refractivity contribution in [2.24, 2.45) is 0 Å². The Kier molecular flexibility index (Phi) is 11.8. The molecule has 18 nitrogen and oxygen atoms in total. The van der Waals surface area contributed by atoms with Crippen LogP contribution < -0.4 is 0 Å². The molecule has 2 aliphatic rings. The highest BCUT2D eigenvalue weighted by Crippen LogP contribution is 2.27. The number of carbonyl (C=O) groups is 2. The summed E-state index contributed by atoms with van der Waals surface area (Å²) in [5.74, 6) is -1.66. The Balaban J connectivity index is 2.09. The lowest BCUT2D eigenvalue weighted by atomic mass is 9.87. The third-order valence-electron chi connectivity index (χ3n) is 6.29. The topological polar surface area (TPSA) is 303 Å². The van der Waals surface area contributed by atoms with Gasteiger partial charge in [0.15, 0.2) is 18.9 Å². The molecular weight excluding hydrogens is 528 g/mol. The fraction of sp³-hybridized carbons (Fsp3) is 0.900. The molecule has 222 valence electrons. The van der Waals surface area contributed by atoms with Crippen molar-refractivity contribution in [1.29, 1.82) is 0 Å². The smallest absolute Gasteiger partial charge is 0.343 e. The van der Waals surface area contributed by atoms with Gasteiger partial charge in [0.2, 0.25) is 5.60 Å². The van der Waals surface area contributed by atoms with Gasteiger partial charge in [0.05, 0.1) is 26.9 Å². The van der Waals surface area contributed by atoms with Crippen LogP contribution in [0.5, 0.6) is 0 Å². The quantitative estimate of drug-likeness (QED) is 0.0777. The summed E-state index contributed by atoms with van der Waals surface area (Å²) in [6.07, 6.45) is -24.8. The second-order valence-electron chi connectivity index (χ2n) is 8.78. The van der Waals surface area contributed by atoms with Crippen LogP contribution in [-0.4, -0.2) is 181 Å². The summed E-state index contributed by atoms with van der Waals surface area (Å²) in [5.41, 5.74) is -3.29. The Hall–Kier alpha value is -1.46. The highest BCUT2D eigenvalue weighted by Gasteiger charge is 2.54. The Bertz CT molecular complexity index is 768. The van der Waals surface area contributed by atoms with Crippen molar-refractivity contribution in [2.45, 2.75) is 85.3 Å². The first-order valence-corrected chi connectivity index (χ1v) is 11.3. The molecule has 0 radical (unpaired) electrons. The van der Waals surface area contributed by atoms with Crippen molar-refractivity contribution in [2.75, 3.05) is 26.9 Å². The molecule has 0 unspecified atom stereocenters. The third kappa shape index (κ3) is 6.63.